The Labute approximate surface area is 248 Å². The van der Waals surface area contributed by atoms with Crippen molar-refractivity contribution in [3.8, 4) is 0 Å². The van der Waals surface area contributed by atoms with Crippen LogP contribution in [0.2, 0.25) is 0 Å². The molecule has 14 heteroatoms. The summed E-state index contributed by atoms with van der Waals surface area (Å²) in [4.78, 5) is 52.1. The quantitative estimate of drug-likeness (QED) is 0.116. The molecule has 1 fully saturated rings. The van der Waals surface area contributed by atoms with Gasteiger partial charge in [0.1, 0.15) is 12.1 Å². The van der Waals surface area contributed by atoms with E-state index in [0.29, 0.717) is 45.5 Å². The maximum atomic E-state index is 13.3. The van der Waals surface area contributed by atoms with E-state index in [-0.39, 0.29) is 43.6 Å². The van der Waals surface area contributed by atoms with Gasteiger partial charge >= 0.3 is 8.60 Å². The normalized spacial score (nSPS) is 17.8. The molecule has 0 aromatic heterocycles. The Bertz CT molecular complexity index is 793. The highest BCUT2D eigenvalue weighted by atomic mass is 31.2. The average Bonchev–Trinajstić information content (AvgIpc) is 2.89. The molecule has 3 atom stereocenters. The molecule has 1 rings (SSSR count). The van der Waals surface area contributed by atoms with Gasteiger partial charge in [-0.3, -0.25) is 14.4 Å². The van der Waals surface area contributed by atoms with Crippen LogP contribution in [0.1, 0.15) is 32.1 Å². The third-order valence-electron chi connectivity index (χ3n) is 6.72. The van der Waals surface area contributed by atoms with E-state index >= 15 is 0 Å². The average molecular weight is 610 g/mol. The number of methoxy groups -OCH3 is 1. The highest BCUT2D eigenvalue weighted by Crippen LogP contribution is 2.31. The molecule has 0 radical (unpaired) electrons. The van der Waals surface area contributed by atoms with Gasteiger partial charge in [0.25, 0.3) is 0 Å². The minimum atomic E-state index is -1.93. The molecule has 41 heavy (non-hydrogen) atoms. The predicted octanol–water partition coefficient (Wildman–Crippen LogP) is 0.419. The third-order valence-corrected chi connectivity index (χ3v) is 7.41. The molecule has 0 saturated carbocycles. The molecule has 0 aromatic rings. The van der Waals surface area contributed by atoms with Crippen molar-refractivity contribution < 1.29 is 46.8 Å². The molecule has 1 aliphatic heterocycles. The van der Waals surface area contributed by atoms with E-state index in [2.05, 4.69) is 47.6 Å². The second-order valence-electron chi connectivity index (χ2n) is 12.5. The second-order valence-corrected chi connectivity index (χ2v) is 13.6. The van der Waals surface area contributed by atoms with Crippen LogP contribution in [-0.2, 0) is 32.9 Å². The van der Waals surface area contributed by atoms with Crippen molar-refractivity contribution in [2.75, 3.05) is 116 Å². The van der Waals surface area contributed by atoms with Crippen molar-refractivity contribution in [2.45, 2.75) is 44.2 Å². The van der Waals surface area contributed by atoms with Crippen molar-refractivity contribution in [2.24, 2.45) is 0 Å². The van der Waals surface area contributed by atoms with Crippen molar-refractivity contribution >= 4 is 26.3 Å². The number of ether oxygens (including phenoxy) is 2. The van der Waals surface area contributed by atoms with Gasteiger partial charge < -0.3 is 47.5 Å². The van der Waals surface area contributed by atoms with Crippen LogP contribution in [0.3, 0.4) is 0 Å². The Morgan fingerprint density at radius 2 is 1.54 bits per heavy atom. The highest BCUT2D eigenvalue weighted by Gasteiger charge is 2.36. The zero-order valence-corrected chi connectivity index (χ0v) is 27.5. The lowest BCUT2D eigenvalue weighted by atomic mass is 10.1. The summed E-state index contributed by atoms with van der Waals surface area (Å²) in [6.45, 7) is 3.89. The highest BCUT2D eigenvalue weighted by molar-refractivity contribution is 7.40. The SMILES string of the molecule is COC(COCCCNC(=O)C1CN(C(=O)CCC[N+](C)(C)C)CCN1C(=O)CCC[N+](C)(C)C)COP(O)OC. The number of nitrogens with zero attached hydrogens (tertiary/aromatic N) is 4. The van der Waals surface area contributed by atoms with E-state index in [1.165, 1.54) is 14.2 Å². The first-order valence-electron chi connectivity index (χ1n) is 14.4. The number of carbonyl (C=O) groups excluding carboxylic acids is 3. The smallest absolute Gasteiger partial charge is 0.329 e. The van der Waals surface area contributed by atoms with Crippen molar-refractivity contribution in [1.29, 1.82) is 0 Å². The van der Waals surface area contributed by atoms with Crippen molar-refractivity contribution in [3.05, 3.63) is 0 Å². The van der Waals surface area contributed by atoms with Crippen LogP contribution in [0.15, 0.2) is 0 Å². The van der Waals surface area contributed by atoms with Gasteiger partial charge in [-0.25, -0.2) is 0 Å². The van der Waals surface area contributed by atoms with Gasteiger partial charge in [0.15, 0.2) is 0 Å². The van der Waals surface area contributed by atoms with E-state index < -0.39 is 14.6 Å². The molecular formula is C27H56N5O8P+2. The van der Waals surface area contributed by atoms with Gasteiger partial charge in [-0.2, -0.15) is 0 Å². The molecule has 3 unspecified atom stereocenters. The maximum absolute atomic E-state index is 13.3. The minimum Gasteiger partial charge on any atom is -0.379 e. The second kappa shape index (κ2) is 19.0. The molecule has 0 bridgehead atoms. The number of amides is 3. The number of quaternary nitrogens is 2. The number of nitrogens with one attached hydrogen (secondary N) is 1. The number of rotatable bonds is 20. The summed E-state index contributed by atoms with van der Waals surface area (Å²) < 4.78 is 22.3. The van der Waals surface area contributed by atoms with Crippen molar-refractivity contribution in [3.63, 3.8) is 0 Å². The zero-order valence-electron chi connectivity index (χ0n) is 26.6. The summed E-state index contributed by atoms with van der Waals surface area (Å²) in [6, 6.07) is -0.715. The summed E-state index contributed by atoms with van der Waals surface area (Å²) in [7, 11) is 13.5. The predicted molar refractivity (Wildman–Crippen MR) is 158 cm³/mol. The van der Waals surface area contributed by atoms with Crippen LogP contribution in [0.25, 0.3) is 0 Å². The lowest BCUT2D eigenvalue weighted by Crippen LogP contribution is -2.61. The lowest BCUT2D eigenvalue weighted by Gasteiger charge is -2.41. The Morgan fingerprint density at radius 1 is 0.927 bits per heavy atom. The van der Waals surface area contributed by atoms with Crippen LogP contribution in [-0.4, -0.2) is 169 Å². The molecule has 1 saturated heterocycles. The fourth-order valence-electron chi connectivity index (χ4n) is 4.35. The van der Waals surface area contributed by atoms with Crippen LogP contribution in [0.5, 0.6) is 0 Å². The monoisotopic (exact) mass is 609 g/mol. The summed E-state index contributed by atoms with van der Waals surface area (Å²) in [5.41, 5.74) is 0. The van der Waals surface area contributed by atoms with E-state index in [4.69, 9.17) is 18.5 Å². The van der Waals surface area contributed by atoms with E-state index in [0.717, 1.165) is 34.9 Å². The number of hydrogen-bond donors (Lipinski definition) is 2. The Balaban J connectivity index is 2.64. The summed E-state index contributed by atoms with van der Waals surface area (Å²) >= 11 is 0. The van der Waals surface area contributed by atoms with Crippen molar-refractivity contribution in [1.82, 2.24) is 15.1 Å². The first-order valence-corrected chi connectivity index (χ1v) is 15.5. The van der Waals surface area contributed by atoms with Gasteiger partial charge in [0, 0.05) is 66.1 Å². The van der Waals surface area contributed by atoms with Gasteiger partial charge in [0.2, 0.25) is 17.7 Å². The third kappa shape index (κ3) is 16.7. The standard InChI is InChI=1S/C27H55N5O8P/c1-31(2,3)17-9-12-25(33)29-15-16-30(26(34)13-10-18-32(4,5)6)24(20-29)27(35)28-14-11-19-39-21-23(37-7)22-40-41(36)38-8/h23-24,36H,9-22H2,1-8H3/q+1/p+1. The Morgan fingerprint density at radius 3 is 2.10 bits per heavy atom. The van der Waals surface area contributed by atoms with Gasteiger partial charge in [-0.1, -0.05) is 0 Å². The van der Waals surface area contributed by atoms with Gasteiger partial charge in [0.05, 0.1) is 75.1 Å². The molecule has 0 aromatic carbocycles. The van der Waals surface area contributed by atoms with Crippen LogP contribution in [0, 0.1) is 0 Å². The molecule has 2 N–H and O–H groups in total. The van der Waals surface area contributed by atoms with Crippen LogP contribution in [0.4, 0.5) is 0 Å². The fourth-order valence-corrected chi connectivity index (χ4v) is 4.74. The van der Waals surface area contributed by atoms with Crippen LogP contribution < -0.4 is 5.32 Å². The molecule has 0 aliphatic carbocycles. The number of carbonyl (C=O) groups is 3. The Hall–Kier alpha value is -1.44. The number of hydrogen-bond acceptors (Lipinski definition) is 8. The number of piperazine rings is 1. The molecule has 3 amide bonds. The minimum absolute atomic E-state index is 0.0257. The molecular weight excluding hydrogens is 553 g/mol. The molecule has 240 valence electrons. The molecule has 1 heterocycles. The molecule has 0 spiro atoms. The van der Waals surface area contributed by atoms with Gasteiger partial charge in [-0.15, -0.1) is 0 Å². The maximum Gasteiger partial charge on any atom is 0.329 e. The summed E-state index contributed by atoms with van der Waals surface area (Å²) in [6.07, 6.45) is 2.51. The lowest BCUT2D eigenvalue weighted by molar-refractivity contribution is -0.870. The first kappa shape index (κ1) is 37.6. The molecule has 13 nitrogen and oxygen atoms in total. The Kier molecular flexibility index (Phi) is 17.4. The fraction of sp³-hybridized carbons (Fsp3) is 0.889. The van der Waals surface area contributed by atoms with Gasteiger partial charge in [-0.05, 0) is 6.42 Å². The largest absolute Gasteiger partial charge is 0.379 e. The first-order chi connectivity index (χ1) is 19.2. The summed E-state index contributed by atoms with van der Waals surface area (Å²) in [5, 5.41) is 2.93. The van der Waals surface area contributed by atoms with E-state index in [9.17, 15) is 19.3 Å². The summed E-state index contributed by atoms with van der Waals surface area (Å²) in [5.74, 6) is -0.280. The topological polar surface area (TPSA) is 127 Å². The van der Waals surface area contributed by atoms with Crippen LogP contribution >= 0.6 is 8.60 Å². The molecule has 1 aliphatic rings. The van der Waals surface area contributed by atoms with E-state index in [1.807, 2.05) is 0 Å². The van der Waals surface area contributed by atoms with E-state index in [1.54, 1.807) is 9.80 Å². The zero-order chi connectivity index (χ0) is 31.1.